The van der Waals surface area contributed by atoms with Gasteiger partial charge in [-0.25, -0.2) is 0 Å². The Balaban J connectivity index is 2.61. The van der Waals surface area contributed by atoms with Crippen molar-refractivity contribution in [1.82, 2.24) is 5.32 Å². The van der Waals surface area contributed by atoms with Crippen LogP contribution >= 0.6 is 0 Å². The van der Waals surface area contributed by atoms with Crippen LogP contribution in [-0.4, -0.2) is 30.3 Å². The highest BCUT2D eigenvalue weighted by molar-refractivity contribution is 5.94. The Kier molecular flexibility index (Phi) is 5.36. The van der Waals surface area contributed by atoms with Gasteiger partial charge in [-0.3, -0.25) is 4.79 Å². The first-order valence-corrected chi connectivity index (χ1v) is 6.53. The molecule has 1 unspecified atom stereocenters. The number of hydrogen-bond donors (Lipinski definition) is 2. The number of nitrogens with one attached hydrogen (secondary N) is 1. The molecule has 0 spiro atoms. The van der Waals surface area contributed by atoms with Crippen molar-refractivity contribution in [2.45, 2.75) is 33.8 Å². The maximum absolute atomic E-state index is 12.0. The van der Waals surface area contributed by atoms with Crippen LogP contribution in [0.4, 0.5) is 0 Å². The van der Waals surface area contributed by atoms with Gasteiger partial charge in [0.05, 0.1) is 12.7 Å². The van der Waals surface area contributed by atoms with E-state index in [1.165, 1.54) is 0 Å². The van der Waals surface area contributed by atoms with E-state index in [1.807, 2.05) is 33.8 Å². The first-order chi connectivity index (χ1) is 8.84. The Morgan fingerprint density at radius 3 is 2.68 bits per heavy atom. The average molecular weight is 265 g/mol. The minimum Gasteiger partial charge on any atom is -0.494 e. The van der Waals surface area contributed by atoms with E-state index in [9.17, 15) is 9.90 Å². The van der Waals surface area contributed by atoms with Crippen LogP contribution in [0.1, 0.15) is 38.1 Å². The van der Waals surface area contributed by atoms with Crippen LogP contribution in [0.15, 0.2) is 24.3 Å². The third-order valence-electron chi connectivity index (χ3n) is 2.86. The van der Waals surface area contributed by atoms with Crippen LogP contribution in [0, 0.1) is 5.41 Å². The number of hydrogen-bond acceptors (Lipinski definition) is 3. The van der Waals surface area contributed by atoms with Crippen molar-refractivity contribution in [2.75, 3.05) is 13.2 Å². The minimum atomic E-state index is -0.577. The maximum Gasteiger partial charge on any atom is 0.251 e. The molecular weight excluding hydrogens is 242 g/mol. The third-order valence-corrected chi connectivity index (χ3v) is 2.86. The highest BCUT2D eigenvalue weighted by atomic mass is 16.5. The van der Waals surface area contributed by atoms with Crippen molar-refractivity contribution >= 4 is 5.91 Å². The van der Waals surface area contributed by atoms with Gasteiger partial charge >= 0.3 is 0 Å². The normalized spacial score (nSPS) is 12.9. The van der Waals surface area contributed by atoms with Gasteiger partial charge in [0.1, 0.15) is 5.75 Å². The zero-order valence-electron chi connectivity index (χ0n) is 12.1. The highest BCUT2D eigenvalue weighted by Crippen LogP contribution is 2.18. The molecule has 4 nitrogen and oxygen atoms in total. The SMILES string of the molecule is CCOc1cccc(C(=O)NCC(O)C(C)(C)C)c1. The summed E-state index contributed by atoms with van der Waals surface area (Å²) in [6.07, 6.45) is -0.577. The van der Waals surface area contributed by atoms with E-state index >= 15 is 0 Å². The Morgan fingerprint density at radius 2 is 2.11 bits per heavy atom. The molecule has 0 heterocycles. The number of aliphatic hydroxyl groups excluding tert-OH is 1. The molecule has 0 aliphatic carbocycles. The van der Waals surface area contributed by atoms with Crippen molar-refractivity contribution in [1.29, 1.82) is 0 Å². The van der Waals surface area contributed by atoms with Gasteiger partial charge in [-0.05, 0) is 30.5 Å². The van der Waals surface area contributed by atoms with E-state index in [4.69, 9.17) is 4.74 Å². The molecule has 0 bridgehead atoms. The fourth-order valence-corrected chi connectivity index (χ4v) is 1.49. The van der Waals surface area contributed by atoms with Gasteiger partial charge in [0.25, 0.3) is 5.91 Å². The molecular formula is C15H23NO3. The largest absolute Gasteiger partial charge is 0.494 e. The summed E-state index contributed by atoms with van der Waals surface area (Å²) in [4.78, 5) is 12.0. The third kappa shape index (κ3) is 4.91. The van der Waals surface area contributed by atoms with Crippen LogP contribution in [0.2, 0.25) is 0 Å². The van der Waals surface area contributed by atoms with Gasteiger partial charge in [-0.2, -0.15) is 0 Å². The first-order valence-electron chi connectivity index (χ1n) is 6.53. The Morgan fingerprint density at radius 1 is 1.42 bits per heavy atom. The second-order valence-electron chi connectivity index (χ2n) is 5.55. The van der Waals surface area contributed by atoms with Crippen LogP contribution in [-0.2, 0) is 0 Å². The van der Waals surface area contributed by atoms with Crippen molar-refractivity contribution in [2.24, 2.45) is 5.41 Å². The quantitative estimate of drug-likeness (QED) is 0.858. The molecule has 0 aliphatic rings. The summed E-state index contributed by atoms with van der Waals surface area (Å²) in [5.41, 5.74) is 0.285. The summed E-state index contributed by atoms with van der Waals surface area (Å²) in [7, 11) is 0. The number of carbonyl (C=O) groups is 1. The van der Waals surface area contributed by atoms with Crippen molar-refractivity contribution in [3.8, 4) is 5.75 Å². The molecule has 4 heteroatoms. The fourth-order valence-electron chi connectivity index (χ4n) is 1.49. The van der Waals surface area contributed by atoms with Crippen LogP contribution < -0.4 is 10.1 Å². The average Bonchev–Trinajstić information content (AvgIpc) is 2.35. The summed E-state index contributed by atoms with van der Waals surface area (Å²) in [5, 5.41) is 12.6. The number of aliphatic hydroxyl groups is 1. The zero-order chi connectivity index (χ0) is 14.5. The van der Waals surface area contributed by atoms with E-state index in [0.29, 0.717) is 17.9 Å². The predicted octanol–water partition coefficient (Wildman–Crippen LogP) is 2.22. The lowest BCUT2D eigenvalue weighted by atomic mass is 9.89. The smallest absolute Gasteiger partial charge is 0.251 e. The van der Waals surface area contributed by atoms with E-state index in [1.54, 1.807) is 18.2 Å². The standard InChI is InChI=1S/C15H23NO3/c1-5-19-12-8-6-7-11(9-12)14(18)16-10-13(17)15(2,3)4/h6-9,13,17H,5,10H2,1-4H3,(H,16,18). The molecule has 1 rings (SSSR count). The number of amides is 1. The molecule has 1 aromatic rings. The molecule has 0 fully saturated rings. The van der Waals surface area contributed by atoms with Crippen LogP contribution in [0.25, 0.3) is 0 Å². The number of benzene rings is 1. The van der Waals surface area contributed by atoms with Gasteiger partial charge in [0, 0.05) is 12.1 Å². The summed E-state index contributed by atoms with van der Waals surface area (Å²) in [6, 6.07) is 7.01. The second kappa shape index (κ2) is 6.57. The number of carbonyl (C=O) groups excluding carboxylic acids is 1. The van der Waals surface area contributed by atoms with E-state index < -0.39 is 6.10 Å². The lowest BCUT2D eigenvalue weighted by Gasteiger charge is -2.25. The number of rotatable bonds is 5. The van der Waals surface area contributed by atoms with Gasteiger partial charge in [-0.1, -0.05) is 26.8 Å². The lowest BCUT2D eigenvalue weighted by Crippen LogP contribution is -2.39. The van der Waals surface area contributed by atoms with Crippen LogP contribution in [0.5, 0.6) is 5.75 Å². The monoisotopic (exact) mass is 265 g/mol. The van der Waals surface area contributed by atoms with Crippen molar-refractivity contribution in [3.63, 3.8) is 0 Å². The van der Waals surface area contributed by atoms with Crippen LogP contribution in [0.3, 0.4) is 0 Å². The maximum atomic E-state index is 12.0. The van der Waals surface area contributed by atoms with Gasteiger partial charge in [-0.15, -0.1) is 0 Å². The topological polar surface area (TPSA) is 58.6 Å². The zero-order valence-corrected chi connectivity index (χ0v) is 12.1. The molecule has 0 saturated carbocycles. The van der Waals surface area contributed by atoms with Crippen molar-refractivity contribution in [3.05, 3.63) is 29.8 Å². The summed E-state index contributed by atoms with van der Waals surface area (Å²) >= 11 is 0. The van der Waals surface area contributed by atoms with Gasteiger partial charge in [0.15, 0.2) is 0 Å². The summed E-state index contributed by atoms with van der Waals surface area (Å²) < 4.78 is 5.35. The molecule has 106 valence electrons. The Hall–Kier alpha value is -1.55. The molecule has 0 radical (unpaired) electrons. The Labute approximate surface area is 114 Å². The lowest BCUT2D eigenvalue weighted by molar-refractivity contribution is 0.0587. The molecule has 19 heavy (non-hydrogen) atoms. The predicted molar refractivity (Wildman–Crippen MR) is 75.4 cm³/mol. The number of ether oxygens (including phenoxy) is 1. The second-order valence-corrected chi connectivity index (χ2v) is 5.55. The highest BCUT2D eigenvalue weighted by Gasteiger charge is 2.22. The molecule has 1 atom stereocenters. The minimum absolute atomic E-state index is 0.204. The van der Waals surface area contributed by atoms with E-state index in [-0.39, 0.29) is 17.9 Å². The van der Waals surface area contributed by atoms with Crippen molar-refractivity contribution < 1.29 is 14.6 Å². The fraction of sp³-hybridized carbons (Fsp3) is 0.533. The van der Waals surface area contributed by atoms with Gasteiger partial charge < -0.3 is 15.2 Å². The van der Waals surface area contributed by atoms with E-state index in [2.05, 4.69) is 5.32 Å². The summed E-state index contributed by atoms with van der Waals surface area (Å²) in [6.45, 7) is 8.49. The molecule has 0 aliphatic heterocycles. The summed E-state index contributed by atoms with van der Waals surface area (Å²) in [5.74, 6) is 0.469. The van der Waals surface area contributed by atoms with Gasteiger partial charge in [0.2, 0.25) is 0 Å². The molecule has 2 N–H and O–H groups in total. The molecule has 0 saturated heterocycles. The van der Waals surface area contributed by atoms with E-state index in [0.717, 1.165) is 0 Å². The molecule has 0 aromatic heterocycles. The molecule has 1 aromatic carbocycles. The first kappa shape index (κ1) is 15.5. The molecule has 1 amide bonds. The Bertz CT molecular complexity index is 424.